The maximum Gasteiger partial charge on any atom is 0.416 e. The number of nitrogens with zero attached hydrogens (tertiary/aromatic N) is 1. The highest BCUT2D eigenvalue weighted by Crippen LogP contribution is 2.39. The van der Waals surface area contributed by atoms with Gasteiger partial charge < -0.3 is 9.64 Å². The zero-order valence-corrected chi connectivity index (χ0v) is 13.5. The molecule has 1 heterocycles. The summed E-state index contributed by atoms with van der Waals surface area (Å²) in [4.78, 5) is 13.1. The van der Waals surface area contributed by atoms with Crippen LogP contribution in [0.15, 0.2) is 18.2 Å². The van der Waals surface area contributed by atoms with Crippen molar-refractivity contribution in [2.45, 2.75) is 12.6 Å². The van der Waals surface area contributed by atoms with E-state index in [9.17, 15) is 26.4 Å². The molecule has 10 heteroatoms. The first-order chi connectivity index (χ1) is 10.5. The van der Waals surface area contributed by atoms with E-state index in [1.165, 1.54) is 7.11 Å². The van der Waals surface area contributed by atoms with Crippen LogP contribution >= 0.6 is 10.7 Å². The molecule has 1 amide bonds. The lowest BCUT2D eigenvalue weighted by Crippen LogP contribution is -2.26. The number of alkyl halides is 3. The number of hydrogen-bond donors (Lipinski definition) is 0. The molecular formula is C13H13ClF3NO4S. The molecule has 1 fully saturated rings. The molecule has 5 nitrogen and oxygen atoms in total. The maximum absolute atomic E-state index is 12.8. The van der Waals surface area contributed by atoms with Crippen molar-refractivity contribution in [1.82, 2.24) is 0 Å². The van der Waals surface area contributed by atoms with E-state index in [1.54, 1.807) is 0 Å². The summed E-state index contributed by atoms with van der Waals surface area (Å²) >= 11 is 0. The Hall–Kier alpha value is -1.48. The molecule has 0 saturated carbocycles. The number of benzene rings is 1. The lowest BCUT2D eigenvalue weighted by Gasteiger charge is -2.21. The van der Waals surface area contributed by atoms with Gasteiger partial charge in [0.25, 0.3) is 0 Å². The van der Waals surface area contributed by atoms with Crippen LogP contribution in [0.2, 0.25) is 0 Å². The Balaban J connectivity index is 2.35. The van der Waals surface area contributed by atoms with Gasteiger partial charge in [0.15, 0.2) is 0 Å². The average Bonchev–Trinajstić information content (AvgIpc) is 2.75. The Morgan fingerprint density at radius 3 is 2.57 bits per heavy atom. The van der Waals surface area contributed by atoms with Crippen LogP contribution in [-0.2, 0) is 20.0 Å². The number of amides is 1. The fourth-order valence-corrected chi connectivity index (χ4v) is 3.81. The number of carbonyl (C=O) groups excluding carboxylic acids is 1. The van der Waals surface area contributed by atoms with Crippen LogP contribution in [0.1, 0.15) is 12.0 Å². The molecule has 0 N–H and O–H groups in total. The molecule has 1 saturated heterocycles. The van der Waals surface area contributed by atoms with Gasteiger partial charge in [0.05, 0.1) is 24.1 Å². The van der Waals surface area contributed by atoms with Gasteiger partial charge in [-0.05, 0) is 18.2 Å². The molecule has 0 radical (unpaired) electrons. The normalized spacial score (nSPS) is 19.3. The largest absolute Gasteiger partial charge is 0.495 e. The number of anilines is 1. The highest BCUT2D eigenvalue weighted by molar-refractivity contribution is 8.13. The van der Waals surface area contributed by atoms with Crippen molar-refractivity contribution in [3.8, 4) is 5.75 Å². The minimum atomic E-state index is -4.57. The summed E-state index contributed by atoms with van der Waals surface area (Å²) in [6, 6.07) is 2.79. The van der Waals surface area contributed by atoms with Gasteiger partial charge in [0.2, 0.25) is 15.0 Å². The first-order valence-electron chi connectivity index (χ1n) is 6.49. The molecule has 128 valence electrons. The van der Waals surface area contributed by atoms with Crippen LogP contribution in [0.4, 0.5) is 18.9 Å². The van der Waals surface area contributed by atoms with Crippen molar-refractivity contribution in [1.29, 1.82) is 0 Å². The number of halogens is 4. The number of ether oxygens (including phenoxy) is 1. The monoisotopic (exact) mass is 371 g/mol. The first-order valence-corrected chi connectivity index (χ1v) is 8.97. The third kappa shape index (κ3) is 4.29. The lowest BCUT2D eigenvalue weighted by atomic mass is 10.1. The Kier molecular flexibility index (Phi) is 4.81. The second-order valence-corrected chi connectivity index (χ2v) is 7.99. The molecule has 0 spiro atoms. The molecule has 0 aromatic heterocycles. The first kappa shape index (κ1) is 17.9. The minimum Gasteiger partial charge on any atom is -0.495 e. The van der Waals surface area contributed by atoms with E-state index in [-0.39, 0.29) is 24.4 Å². The summed E-state index contributed by atoms with van der Waals surface area (Å²) in [5.41, 5.74) is -0.962. The SMILES string of the molecule is COc1ccc(C(F)(F)F)cc1N1CC(CS(=O)(=O)Cl)CC1=O. The van der Waals surface area contributed by atoms with Gasteiger partial charge in [-0.15, -0.1) is 0 Å². The summed E-state index contributed by atoms with van der Waals surface area (Å²) in [7, 11) is 2.64. The van der Waals surface area contributed by atoms with Gasteiger partial charge in [0.1, 0.15) is 5.75 Å². The summed E-state index contributed by atoms with van der Waals surface area (Å²) < 4.78 is 65.8. The van der Waals surface area contributed by atoms with E-state index < -0.39 is 38.4 Å². The molecule has 1 aliphatic rings. The summed E-state index contributed by atoms with van der Waals surface area (Å²) in [5.74, 6) is -1.38. The van der Waals surface area contributed by atoms with E-state index in [4.69, 9.17) is 15.4 Å². The lowest BCUT2D eigenvalue weighted by molar-refractivity contribution is -0.137. The molecule has 1 aromatic carbocycles. The Morgan fingerprint density at radius 1 is 1.39 bits per heavy atom. The van der Waals surface area contributed by atoms with E-state index in [0.29, 0.717) is 0 Å². The second kappa shape index (κ2) is 6.20. The summed E-state index contributed by atoms with van der Waals surface area (Å²) in [6.07, 6.45) is -4.67. The van der Waals surface area contributed by atoms with Crippen LogP contribution in [0.3, 0.4) is 0 Å². The third-order valence-electron chi connectivity index (χ3n) is 3.44. The summed E-state index contributed by atoms with van der Waals surface area (Å²) in [5, 5.41) is 0. The average molecular weight is 372 g/mol. The summed E-state index contributed by atoms with van der Waals surface area (Å²) in [6.45, 7) is -0.0392. The molecule has 1 aliphatic heterocycles. The van der Waals surface area contributed by atoms with Crippen LogP contribution in [0.5, 0.6) is 5.75 Å². The van der Waals surface area contributed by atoms with Gasteiger partial charge in [-0.25, -0.2) is 8.42 Å². The number of carbonyl (C=O) groups is 1. The topological polar surface area (TPSA) is 63.7 Å². The van der Waals surface area contributed by atoms with E-state index >= 15 is 0 Å². The second-order valence-electron chi connectivity index (χ2n) is 5.16. The fourth-order valence-electron chi connectivity index (χ4n) is 2.48. The van der Waals surface area contributed by atoms with Gasteiger partial charge >= 0.3 is 6.18 Å². The van der Waals surface area contributed by atoms with Crippen LogP contribution < -0.4 is 9.64 Å². The molecular weight excluding hydrogens is 359 g/mol. The van der Waals surface area contributed by atoms with Crippen molar-refractivity contribution < 1.29 is 31.1 Å². The molecule has 0 bridgehead atoms. The van der Waals surface area contributed by atoms with Crippen LogP contribution in [-0.4, -0.2) is 33.7 Å². The Bertz CT molecular complexity index is 720. The van der Waals surface area contributed by atoms with Crippen molar-refractivity contribution >= 4 is 31.3 Å². The van der Waals surface area contributed by atoms with Crippen molar-refractivity contribution in [2.75, 3.05) is 24.3 Å². The van der Waals surface area contributed by atoms with Gasteiger partial charge in [-0.3, -0.25) is 4.79 Å². The van der Waals surface area contributed by atoms with Crippen molar-refractivity contribution in [3.05, 3.63) is 23.8 Å². The smallest absolute Gasteiger partial charge is 0.416 e. The van der Waals surface area contributed by atoms with Crippen LogP contribution in [0.25, 0.3) is 0 Å². The zero-order valence-electron chi connectivity index (χ0n) is 11.9. The Morgan fingerprint density at radius 2 is 2.04 bits per heavy atom. The Labute approximate surface area is 135 Å². The number of hydrogen-bond acceptors (Lipinski definition) is 4. The van der Waals surface area contributed by atoms with Gasteiger partial charge in [-0.1, -0.05) is 0 Å². The predicted octanol–water partition coefficient (Wildman–Crippen LogP) is 2.64. The predicted molar refractivity (Wildman–Crippen MR) is 78.1 cm³/mol. The maximum atomic E-state index is 12.8. The molecule has 1 atom stereocenters. The molecule has 1 aromatic rings. The highest BCUT2D eigenvalue weighted by Gasteiger charge is 2.37. The standard InChI is InChI=1S/C13H13ClF3NO4S/c1-22-11-3-2-9(13(15,16)17)5-10(11)18-6-8(4-12(18)19)7-23(14,20)21/h2-3,5,8H,4,6-7H2,1H3. The van der Waals surface area contributed by atoms with Gasteiger partial charge in [-0.2, -0.15) is 13.2 Å². The van der Waals surface area contributed by atoms with Crippen molar-refractivity contribution in [3.63, 3.8) is 0 Å². The minimum absolute atomic E-state index is 0.0392. The molecule has 1 unspecified atom stereocenters. The van der Waals surface area contributed by atoms with Crippen molar-refractivity contribution in [2.24, 2.45) is 5.92 Å². The molecule has 0 aliphatic carbocycles. The molecule has 2 rings (SSSR count). The fraction of sp³-hybridized carbons (Fsp3) is 0.462. The number of methoxy groups -OCH3 is 1. The van der Waals surface area contributed by atoms with E-state index in [2.05, 4.69) is 0 Å². The highest BCUT2D eigenvalue weighted by atomic mass is 35.7. The van der Waals surface area contributed by atoms with Crippen LogP contribution in [0, 0.1) is 5.92 Å². The van der Waals surface area contributed by atoms with Gasteiger partial charge in [0, 0.05) is 29.6 Å². The third-order valence-corrected chi connectivity index (χ3v) is 4.68. The zero-order chi connectivity index (χ0) is 17.4. The van der Waals surface area contributed by atoms with E-state index in [0.717, 1.165) is 23.1 Å². The number of rotatable bonds is 4. The quantitative estimate of drug-likeness (QED) is 0.763. The van der Waals surface area contributed by atoms with E-state index in [1.807, 2.05) is 0 Å². The molecule has 23 heavy (non-hydrogen) atoms.